The molecule has 2 aromatic heterocycles. The van der Waals surface area contributed by atoms with Crippen molar-refractivity contribution >= 4 is 29.0 Å². The Balaban J connectivity index is 1.41. The lowest BCUT2D eigenvalue weighted by molar-refractivity contribution is 0.0934. The molecule has 1 atom stereocenters. The number of furan rings is 1. The van der Waals surface area contributed by atoms with Crippen LogP contribution in [0.2, 0.25) is 0 Å². The van der Waals surface area contributed by atoms with Gasteiger partial charge in [0, 0.05) is 42.3 Å². The highest BCUT2D eigenvalue weighted by molar-refractivity contribution is 7.99. The smallest absolute Gasteiger partial charge is 0.251 e. The minimum absolute atomic E-state index is 0.0354. The van der Waals surface area contributed by atoms with Gasteiger partial charge in [0.1, 0.15) is 0 Å². The largest absolute Gasteiger partial charge is 0.472 e. The van der Waals surface area contributed by atoms with Crippen molar-refractivity contribution in [2.45, 2.75) is 6.04 Å². The van der Waals surface area contributed by atoms with Crippen LogP contribution in [0.15, 0.2) is 64.1 Å². The van der Waals surface area contributed by atoms with Crippen molar-refractivity contribution in [3.8, 4) is 11.1 Å². The number of amides is 1. The number of nitrogens with zero attached hydrogens (tertiary/aromatic N) is 1. The summed E-state index contributed by atoms with van der Waals surface area (Å²) in [5.41, 5.74) is 4.13. The summed E-state index contributed by atoms with van der Waals surface area (Å²) in [6, 6.07) is 12.0. The molecule has 1 unspecified atom stereocenters. The van der Waals surface area contributed by atoms with Crippen LogP contribution in [-0.2, 0) is 0 Å². The predicted molar refractivity (Wildman–Crippen MR) is 112 cm³/mol. The van der Waals surface area contributed by atoms with Gasteiger partial charge >= 0.3 is 0 Å². The van der Waals surface area contributed by atoms with Gasteiger partial charge in [0.2, 0.25) is 0 Å². The molecule has 1 aromatic carbocycles. The summed E-state index contributed by atoms with van der Waals surface area (Å²) in [7, 11) is 0. The fourth-order valence-electron chi connectivity index (χ4n) is 3.35. The molecule has 0 aliphatic carbocycles. The lowest BCUT2D eigenvalue weighted by atomic mass is 10.1. The molecular formula is C21H22N2O2S2. The molecule has 1 aliphatic heterocycles. The molecule has 3 aromatic rings. The number of carbonyl (C=O) groups is 1. The summed E-state index contributed by atoms with van der Waals surface area (Å²) in [5.74, 6) is 2.23. The Hall–Kier alpha value is -2.02. The summed E-state index contributed by atoms with van der Waals surface area (Å²) in [4.78, 5) is 15.1. The van der Waals surface area contributed by atoms with Gasteiger partial charge in [-0.2, -0.15) is 23.1 Å². The van der Waals surface area contributed by atoms with Gasteiger partial charge in [-0.25, -0.2) is 0 Å². The van der Waals surface area contributed by atoms with Gasteiger partial charge in [-0.1, -0.05) is 12.1 Å². The van der Waals surface area contributed by atoms with Gasteiger partial charge < -0.3 is 9.73 Å². The number of nitrogens with one attached hydrogen (secondary N) is 1. The fraction of sp³-hybridized carbons (Fsp3) is 0.286. The zero-order valence-corrected chi connectivity index (χ0v) is 16.6. The van der Waals surface area contributed by atoms with Gasteiger partial charge in [-0.3, -0.25) is 9.69 Å². The van der Waals surface area contributed by atoms with Crippen molar-refractivity contribution in [2.24, 2.45) is 0 Å². The molecule has 1 saturated heterocycles. The zero-order valence-electron chi connectivity index (χ0n) is 15.0. The van der Waals surface area contributed by atoms with Crippen molar-refractivity contribution in [3.63, 3.8) is 0 Å². The standard InChI is InChI=1S/C21H22N2O2S2/c24-21(17-3-1-16(2-4-17)19-6-10-27-15-19)22-13-20(18-5-9-25-14-18)23-7-11-26-12-8-23/h1-6,9-10,14-15,20H,7-8,11-13H2,(H,22,24). The van der Waals surface area contributed by atoms with Crippen LogP contribution in [0.25, 0.3) is 11.1 Å². The monoisotopic (exact) mass is 398 g/mol. The topological polar surface area (TPSA) is 45.5 Å². The van der Waals surface area contributed by atoms with Crippen LogP contribution in [0.3, 0.4) is 0 Å². The number of hydrogen-bond acceptors (Lipinski definition) is 5. The third kappa shape index (κ3) is 4.46. The maximum Gasteiger partial charge on any atom is 0.251 e. The van der Waals surface area contributed by atoms with Crippen LogP contribution >= 0.6 is 23.1 Å². The first kappa shape index (κ1) is 18.3. The van der Waals surface area contributed by atoms with E-state index in [-0.39, 0.29) is 11.9 Å². The number of hydrogen-bond donors (Lipinski definition) is 1. The third-order valence-electron chi connectivity index (χ3n) is 4.87. The third-order valence-corrected chi connectivity index (χ3v) is 6.50. The summed E-state index contributed by atoms with van der Waals surface area (Å²) in [6.45, 7) is 2.65. The van der Waals surface area contributed by atoms with Crippen LogP contribution in [0.5, 0.6) is 0 Å². The average molecular weight is 399 g/mol. The maximum atomic E-state index is 12.6. The molecule has 1 amide bonds. The first-order valence-electron chi connectivity index (χ1n) is 9.06. The second-order valence-electron chi connectivity index (χ2n) is 6.52. The SMILES string of the molecule is O=C(NCC(c1ccoc1)N1CCSCC1)c1ccc(-c2ccsc2)cc1. The highest BCUT2D eigenvalue weighted by Gasteiger charge is 2.24. The molecule has 1 aliphatic rings. The second kappa shape index (κ2) is 8.78. The van der Waals surface area contributed by atoms with Gasteiger partial charge in [0.15, 0.2) is 0 Å². The average Bonchev–Trinajstić information content (AvgIpc) is 3.43. The van der Waals surface area contributed by atoms with E-state index in [1.54, 1.807) is 23.9 Å². The summed E-state index contributed by atoms with van der Waals surface area (Å²) < 4.78 is 5.28. The number of thiophene rings is 1. The highest BCUT2D eigenvalue weighted by atomic mass is 32.2. The first-order valence-corrected chi connectivity index (χ1v) is 11.2. The molecule has 0 bridgehead atoms. The number of thioether (sulfide) groups is 1. The van der Waals surface area contributed by atoms with Crippen molar-refractivity contribution in [1.29, 1.82) is 0 Å². The Bertz CT molecular complexity index is 839. The van der Waals surface area contributed by atoms with E-state index in [1.807, 2.05) is 42.1 Å². The van der Waals surface area contributed by atoms with E-state index >= 15 is 0 Å². The van der Waals surface area contributed by atoms with E-state index in [2.05, 4.69) is 27.0 Å². The zero-order chi connectivity index (χ0) is 18.5. The minimum atomic E-state index is -0.0354. The summed E-state index contributed by atoms with van der Waals surface area (Å²) in [5, 5.41) is 7.29. The van der Waals surface area contributed by atoms with Crippen molar-refractivity contribution < 1.29 is 9.21 Å². The second-order valence-corrected chi connectivity index (χ2v) is 8.53. The Morgan fingerprint density at radius 1 is 1.11 bits per heavy atom. The molecular weight excluding hydrogens is 376 g/mol. The molecule has 3 heterocycles. The van der Waals surface area contributed by atoms with E-state index in [9.17, 15) is 4.79 Å². The first-order chi connectivity index (χ1) is 13.3. The lowest BCUT2D eigenvalue weighted by Crippen LogP contribution is -2.41. The molecule has 0 spiro atoms. The molecule has 1 N–H and O–H groups in total. The van der Waals surface area contributed by atoms with E-state index < -0.39 is 0 Å². The number of rotatable bonds is 6. The van der Waals surface area contributed by atoms with Crippen LogP contribution in [0, 0.1) is 0 Å². The van der Waals surface area contributed by atoms with Gasteiger partial charge in [0.25, 0.3) is 5.91 Å². The number of carbonyl (C=O) groups excluding carboxylic acids is 1. The summed E-state index contributed by atoms with van der Waals surface area (Å²) >= 11 is 3.66. The van der Waals surface area contributed by atoms with Crippen molar-refractivity contribution in [3.05, 3.63) is 70.8 Å². The molecule has 0 radical (unpaired) electrons. The molecule has 140 valence electrons. The molecule has 0 saturated carbocycles. The van der Waals surface area contributed by atoms with E-state index in [1.165, 1.54) is 5.56 Å². The van der Waals surface area contributed by atoms with Crippen LogP contribution < -0.4 is 5.32 Å². The van der Waals surface area contributed by atoms with E-state index in [0.717, 1.165) is 35.7 Å². The van der Waals surface area contributed by atoms with Crippen LogP contribution in [-0.4, -0.2) is 41.9 Å². The summed E-state index contributed by atoms with van der Waals surface area (Å²) in [6.07, 6.45) is 3.49. The molecule has 4 nitrogen and oxygen atoms in total. The molecule has 27 heavy (non-hydrogen) atoms. The Morgan fingerprint density at radius 2 is 1.93 bits per heavy atom. The number of benzene rings is 1. The molecule has 6 heteroatoms. The van der Waals surface area contributed by atoms with Crippen molar-refractivity contribution in [2.75, 3.05) is 31.1 Å². The normalized spacial score (nSPS) is 16.1. The molecule has 1 fully saturated rings. The highest BCUT2D eigenvalue weighted by Crippen LogP contribution is 2.25. The Labute approximate surface area is 167 Å². The Morgan fingerprint density at radius 3 is 2.59 bits per heavy atom. The predicted octanol–water partition coefficient (Wildman–Crippen LogP) is 4.53. The lowest BCUT2D eigenvalue weighted by Gasteiger charge is -2.34. The Kier molecular flexibility index (Phi) is 5.97. The van der Waals surface area contributed by atoms with E-state index in [0.29, 0.717) is 12.1 Å². The van der Waals surface area contributed by atoms with Gasteiger partial charge in [-0.15, -0.1) is 0 Å². The quantitative estimate of drug-likeness (QED) is 0.663. The minimum Gasteiger partial charge on any atom is -0.472 e. The van der Waals surface area contributed by atoms with Crippen molar-refractivity contribution in [1.82, 2.24) is 10.2 Å². The fourth-order valence-corrected chi connectivity index (χ4v) is 4.94. The maximum absolute atomic E-state index is 12.6. The van der Waals surface area contributed by atoms with E-state index in [4.69, 9.17) is 4.42 Å². The van der Waals surface area contributed by atoms with Crippen LogP contribution in [0.4, 0.5) is 0 Å². The van der Waals surface area contributed by atoms with Gasteiger partial charge in [0.05, 0.1) is 18.6 Å². The molecule has 4 rings (SSSR count). The van der Waals surface area contributed by atoms with Crippen LogP contribution in [0.1, 0.15) is 22.0 Å². The van der Waals surface area contributed by atoms with Gasteiger partial charge in [-0.05, 0) is 46.2 Å².